The molecule has 1 fully saturated rings. The zero-order valence-corrected chi connectivity index (χ0v) is 15.5. The van der Waals surface area contributed by atoms with Crippen molar-refractivity contribution < 1.29 is 13.2 Å². The van der Waals surface area contributed by atoms with Gasteiger partial charge in [0.2, 0.25) is 10.0 Å². The van der Waals surface area contributed by atoms with Gasteiger partial charge in [-0.05, 0) is 37.1 Å². The standard InChI is InChI=1S/C18H24N4O3S/c23-18(22-11-4-2-1-3-5-12-22)15-7-6-8-17(13-15)26(24,25)20-14-16-9-10-19-21-16/h6-10,13,20H,1-5,11-12,14H2,(H,19,21). The van der Waals surface area contributed by atoms with E-state index >= 15 is 0 Å². The number of amides is 1. The van der Waals surface area contributed by atoms with E-state index in [2.05, 4.69) is 14.9 Å². The van der Waals surface area contributed by atoms with Crippen LogP contribution in [0.25, 0.3) is 0 Å². The fourth-order valence-electron chi connectivity index (χ4n) is 3.07. The van der Waals surface area contributed by atoms with Crippen molar-refractivity contribution in [2.45, 2.75) is 43.5 Å². The summed E-state index contributed by atoms with van der Waals surface area (Å²) < 4.78 is 27.5. The topological polar surface area (TPSA) is 95.2 Å². The van der Waals surface area contributed by atoms with Gasteiger partial charge in [0.15, 0.2) is 0 Å². The van der Waals surface area contributed by atoms with Gasteiger partial charge < -0.3 is 4.90 Å². The first-order valence-corrected chi connectivity index (χ1v) is 10.4. The van der Waals surface area contributed by atoms with Crippen LogP contribution in [0.2, 0.25) is 0 Å². The van der Waals surface area contributed by atoms with Crippen molar-refractivity contribution in [1.29, 1.82) is 0 Å². The minimum Gasteiger partial charge on any atom is -0.339 e. The van der Waals surface area contributed by atoms with E-state index in [0.717, 1.165) is 38.8 Å². The predicted molar refractivity (Wildman–Crippen MR) is 98.0 cm³/mol. The lowest BCUT2D eigenvalue weighted by Gasteiger charge is -2.25. The molecule has 0 saturated carbocycles. The van der Waals surface area contributed by atoms with Crippen LogP contribution in [0.3, 0.4) is 0 Å². The summed E-state index contributed by atoms with van der Waals surface area (Å²) in [6.45, 7) is 1.58. The highest BCUT2D eigenvalue weighted by atomic mass is 32.2. The van der Waals surface area contributed by atoms with Crippen molar-refractivity contribution in [3.05, 3.63) is 47.8 Å². The number of benzene rings is 1. The van der Waals surface area contributed by atoms with Crippen LogP contribution in [0.4, 0.5) is 0 Å². The number of likely N-dealkylation sites (tertiary alicyclic amines) is 1. The molecule has 0 spiro atoms. The average Bonchev–Trinajstić information content (AvgIpc) is 3.13. The summed E-state index contributed by atoms with van der Waals surface area (Å²) in [6.07, 6.45) is 7.04. The van der Waals surface area contributed by atoms with E-state index in [9.17, 15) is 13.2 Å². The summed E-state index contributed by atoms with van der Waals surface area (Å²) in [5, 5.41) is 6.50. The van der Waals surface area contributed by atoms with Gasteiger partial charge in [0.1, 0.15) is 0 Å². The normalized spacial score (nSPS) is 16.1. The maximum atomic E-state index is 12.8. The number of H-pyrrole nitrogens is 1. The van der Waals surface area contributed by atoms with Crippen molar-refractivity contribution in [3.63, 3.8) is 0 Å². The number of nitrogens with one attached hydrogen (secondary N) is 2. The molecule has 8 heteroatoms. The van der Waals surface area contributed by atoms with Gasteiger partial charge in [-0.2, -0.15) is 5.10 Å². The van der Waals surface area contributed by atoms with Crippen molar-refractivity contribution >= 4 is 15.9 Å². The van der Waals surface area contributed by atoms with Crippen molar-refractivity contribution in [3.8, 4) is 0 Å². The Bertz CT molecular complexity index is 826. The van der Waals surface area contributed by atoms with Crippen molar-refractivity contribution in [2.75, 3.05) is 13.1 Å². The molecule has 7 nitrogen and oxygen atoms in total. The smallest absolute Gasteiger partial charge is 0.253 e. The third kappa shape index (κ3) is 4.70. The molecule has 2 heterocycles. The van der Waals surface area contributed by atoms with Gasteiger partial charge in [-0.25, -0.2) is 13.1 Å². The second-order valence-electron chi connectivity index (χ2n) is 6.49. The highest BCUT2D eigenvalue weighted by molar-refractivity contribution is 7.89. The van der Waals surface area contributed by atoms with E-state index in [0.29, 0.717) is 11.3 Å². The van der Waals surface area contributed by atoms with Gasteiger partial charge >= 0.3 is 0 Å². The van der Waals surface area contributed by atoms with Crippen LogP contribution in [0.5, 0.6) is 0 Å². The van der Waals surface area contributed by atoms with Gasteiger partial charge in [-0.1, -0.05) is 25.3 Å². The minimum atomic E-state index is -3.70. The zero-order chi connectivity index (χ0) is 18.4. The van der Waals surface area contributed by atoms with Gasteiger partial charge in [0.05, 0.1) is 17.1 Å². The number of hydrogen-bond acceptors (Lipinski definition) is 4. The summed E-state index contributed by atoms with van der Waals surface area (Å²) in [5.41, 5.74) is 1.08. The Kier molecular flexibility index (Phi) is 6.05. The Hall–Kier alpha value is -2.19. The molecule has 0 aliphatic carbocycles. The lowest BCUT2D eigenvalue weighted by atomic mass is 10.1. The van der Waals surface area contributed by atoms with E-state index in [4.69, 9.17) is 0 Å². The number of carbonyl (C=O) groups excluding carboxylic acids is 1. The fraction of sp³-hybridized carbons (Fsp3) is 0.444. The molecule has 0 radical (unpaired) electrons. The molecule has 2 aromatic rings. The first-order chi connectivity index (χ1) is 12.6. The molecule has 1 saturated heterocycles. The van der Waals surface area contributed by atoms with Crippen LogP contribution in [-0.2, 0) is 16.6 Å². The molecular formula is C18H24N4O3S. The van der Waals surface area contributed by atoms with Crippen molar-refractivity contribution in [1.82, 2.24) is 19.8 Å². The summed E-state index contributed by atoms with van der Waals surface area (Å²) in [6, 6.07) is 7.94. The molecule has 0 bridgehead atoms. The summed E-state index contributed by atoms with van der Waals surface area (Å²) in [5.74, 6) is -0.0995. The first-order valence-electron chi connectivity index (χ1n) is 8.93. The molecule has 1 aliphatic rings. The molecule has 26 heavy (non-hydrogen) atoms. The lowest BCUT2D eigenvalue weighted by Crippen LogP contribution is -2.34. The molecule has 140 valence electrons. The zero-order valence-electron chi connectivity index (χ0n) is 14.6. The van der Waals surface area contributed by atoms with Gasteiger partial charge in [-0.3, -0.25) is 9.89 Å². The summed E-state index contributed by atoms with van der Waals surface area (Å²) in [4.78, 5) is 14.7. The largest absolute Gasteiger partial charge is 0.339 e. The molecular weight excluding hydrogens is 352 g/mol. The predicted octanol–water partition coefficient (Wildman–Crippen LogP) is 2.29. The Morgan fingerprint density at radius 3 is 2.54 bits per heavy atom. The number of hydrogen-bond donors (Lipinski definition) is 2. The number of nitrogens with zero attached hydrogens (tertiary/aromatic N) is 2. The number of carbonyl (C=O) groups is 1. The highest BCUT2D eigenvalue weighted by Crippen LogP contribution is 2.17. The van der Waals surface area contributed by atoms with Crippen LogP contribution >= 0.6 is 0 Å². The van der Waals surface area contributed by atoms with Crippen LogP contribution < -0.4 is 4.72 Å². The second-order valence-corrected chi connectivity index (χ2v) is 8.26. The molecule has 1 aromatic heterocycles. The van der Waals surface area contributed by atoms with Gasteiger partial charge in [0, 0.05) is 24.8 Å². The number of rotatable bonds is 5. The molecule has 0 unspecified atom stereocenters. The minimum absolute atomic E-state index is 0.0925. The highest BCUT2D eigenvalue weighted by Gasteiger charge is 2.20. The Balaban J connectivity index is 1.73. The van der Waals surface area contributed by atoms with E-state index in [-0.39, 0.29) is 17.3 Å². The van der Waals surface area contributed by atoms with Gasteiger partial charge in [-0.15, -0.1) is 0 Å². The monoisotopic (exact) mass is 376 g/mol. The molecule has 0 atom stereocenters. The van der Waals surface area contributed by atoms with Crippen LogP contribution in [0, 0.1) is 0 Å². The molecule has 1 aliphatic heterocycles. The molecule has 1 amide bonds. The summed E-state index contributed by atoms with van der Waals surface area (Å²) in [7, 11) is -3.70. The maximum absolute atomic E-state index is 12.8. The summed E-state index contributed by atoms with van der Waals surface area (Å²) >= 11 is 0. The fourth-order valence-corrected chi connectivity index (χ4v) is 4.12. The van der Waals surface area contributed by atoms with Gasteiger partial charge in [0.25, 0.3) is 5.91 Å². The van der Waals surface area contributed by atoms with Crippen LogP contribution in [0.15, 0.2) is 41.4 Å². The van der Waals surface area contributed by atoms with E-state index in [1.807, 2.05) is 4.90 Å². The number of sulfonamides is 1. The maximum Gasteiger partial charge on any atom is 0.253 e. The lowest BCUT2D eigenvalue weighted by molar-refractivity contribution is 0.0742. The number of aromatic amines is 1. The Morgan fingerprint density at radius 2 is 1.85 bits per heavy atom. The third-order valence-corrected chi connectivity index (χ3v) is 5.94. The average molecular weight is 376 g/mol. The van der Waals surface area contributed by atoms with Crippen LogP contribution in [-0.4, -0.2) is 42.5 Å². The second kappa shape index (κ2) is 8.46. The van der Waals surface area contributed by atoms with E-state index < -0.39 is 10.0 Å². The molecule has 1 aromatic carbocycles. The molecule has 2 N–H and O–H groups in total. The first kappa shape index (κ1) is 18.6. The van der Waals surface area contributed by atoms with E-state index in [1.54, 1.807) is 24.4 Å². The third-order valence-electron chi connectivity index (χ3n) is 4.55. The van der Waals surface area contributed by atoms with Crippen LogP contribution in [0.1, 0.15) is 48.2 Å². The quantitative estimate of drug-likeness (QED) is 0.837. The number of aromatic nitrogens is 2. The molecule has 3 rings (SSSR count). The SMILES string of the molecule is O=C(c1cccc(S(=O)(=O)NCc2ccn[nH]2)c1)N1CCCCCCC1. The Morgan fingerprint density at radius 1 is 1.12 bits per heavy atom. The van der Waals surface area contributed by atoms with Crippen molar-refractivity contribution in [2.24, 2.45) is 0 Å². The van der Waals surface area contributed by atoms with E-state index in [1.165, 1.54) is 18.6 Å². The Labute approximate surface area is 153 Å².